The van der Waals surface area contributed by atoms with Crippen molar-refractivity contribution in [3.05, 3.63) is 67.9 Å². The van der Waals surface area contributed by atoms with Gasteiger partial charge in [0.25, 0.3) is 11.5 Å². The van der Waals surface area contributed by atoms with Crippen molar-refractivity contribution >= 4 is 34.2 Å². The summed E-state index contributed by atoms with van der Waals surface area (Å²) < 4.78 is 1.42. The third kappa shape index (κ3) is 3.39. The van der Waals surface area contributed by atoms with Crippen LogP contribution in [0.25, 0.3) is 5.69 Å². The molecule has 0 atom stereocenters. The van der Waals surface area contributed by atoms with Gasteiger partial charge in [-0.1, -0.05) is 18.2 Å². The number of nitrogens with one attached hydrogen (secondary N) is 1. The Morgan fingerprint density at radius 2 is 1.89 bits per heavy atom. The number of thiophene rings is 1. The molecule has 0 bridgehead atoms. The molecule has 2 aromatic heterocycles. The number of para-hydroxylation sites is 1. The van der Waals surface area contributed by atoms with E-state index in [1.165, 1.54) is 17.8 Å². The van der Waals surface area contributed by atoms with Gasteiger partial charge in [-0.2, -0.15) is 0 Å². The summed E-state index contributed by atoms with van der Waals surface area (Å²) in [6.07, 6.45) is 1.40. The molecule has 1 aromatic carbocycles. The van der Waals surface area contributed by atoms with Gasteiger partial charge in [-0.25, -0.2) is 9.67 Å². The van der Waals surface area contributed by atoms with E-state index < -0.39 is 5.91 Å². The van der Waals surface area contributed by atoms with Crippen LogP contribution in [0.4, 0.5) is 5.00 Å². The minimum Gasteiger partial charge on any atom is -0.365 e. The van der Waals surface area contributed by atoms with Crippen molar-refractivity contribution in [3.63, 3.8) is 0 Å². The van der Waals surface area contributed by atoms with Crippen LogP contribution in [0.2, 0.25) is 0 Å². The van der Waals surface area contributed by atoms with Crippen molar-refractivity contribution < 1.29 is 9.59 Å². The highest BCUT2D eigenvalue weighted by molar-refractivity contribution is 7.18. The number of ketones is 1. The molecule has 1 amide bonds. The number of aromatic amines is 1. The summed E-state index contributed by atoms with van der Waals surface area (Å²) >= 11 is 1.09. The topological polar surface area (TPSA) is 110 Å². The standard InChI is InChI=1S/C19H18N4O3S/c1-10-15(17(20)25)18(27-16(10)12(3)24)21-9-14-11(2)22-23(19(14)26)13-7-5-4-6-8-13/h4-9,22H,1-3H3,(H2,20,25). The van der Waals surface area contributed by atoms with E-state index in [4.69, 9.17) is 5.73 Å². The maximum atomic E-state index is 12.7. The number of primary amides is 1. The van der Waals surface area contributed by atoms with Gasteiger partial charge < -0.3 is 5.73 Å². The van der Waals surface area contributed by atoms with Crippen LogP contribution in [0, 0.1) is 13.8 Å². The second kappa shape index (κ2) is 7.16. The van der Waals surface area contributed by atoms with Crippen molar-refractivity contribution in [1.29, 1.82) is 0 Å². The highest BCUT2D eigenvalue weighted by Gasteiger charge is 2.21. The number of rotatable bonds is 5. The molecule has 0 saturated heterocycles. The van der Waals surface area contributed by atoms with Gasteiger partial charge in [0.15, 0.2) is 5.78 Å². The van der Waals surface area contributed by atoms with Crippen LogP contribution in [0.15, 0.2) is 40.1 Å². The second-order valence-electron chi connectivity index (χ2n) is 6.04. The monoisotopic (exact) mass is 382 g/mol. The first-order chi connectivity index (χ1) is 12.8. The Balaban J connectivity index is 2.07. The third-order valence-corrected chi connectivity index (χ3v) is 5.44. The molecule has 0 aliphatic heterocycles. The maximum Gasteiger partial charge on any atom is 0.280 e. The molecule has 3 rings (SSSR count). The van der Waals surface area contributed by atoms with E-state index in [-0.39, 0.29) is 16.9 Å². The maximum absolute atomic E-state index is 12.7. The number of aryl methyl sites for hydroxylation is 1. The molecule has 0 spiro atoms. The normalized spacial score (nSPS) is 11.2. The molecule has 0 fully saturated rings. The Labute approximate surface area is 159 Å². The number of hydrogen-bond donors (Lipinski definition) is 2. The summed E-state index contributed by atoms with van der Waals surface area (Å²) in [5, 5.41) is 3.32. The first-order valence-electron chi connectivity index (χ1n) is 8.16. The minimum absolute atomic E-state index is 0.161. The van der Waals surface area contributed by atoms with Crippen LogP contribution in [0.1, 0.15) is 43.8 Å². The summed E-state index contributed by atoms with van der Waals surface area (Å²) in [7, 11) is 0. The van der Waals surface area contributed by atoms with E-state index in [1.807, 2.05) is 30.3 Å². The Bertz CT molecular complexity index is 1120. The molecule has 0 unspecified atom stereocenters. The van der Waals surface area contributed by atoms with Crippen molar-refractivity contribution in [3.8, 4) is 5.69 Å². The molecule has 3 aromatic rings. The summed E-state index contributed by atoms with van der Waals surface area (Å²) in [6, 6.07) is 9.16. The number of Topliss-reactive ketones (excluding diaryl/α,β-unsaturated/α-hetero) is 1. The molecular weight excluding hydrogens is 364 g/mol. The number of carbonyl (C=O) groups excluding carboxylic acids is 2. The Morgan fingerprint density at radius 1 is 1.22 bits per heavy atom. The van der Waals surface area contributed by atoms with Crippen LogP contribution >= 0.6 is 11.3 Å². The zero-order valence-electron chi connectivity index (χ0n) is 15.1. The lowest BCUT2D eigenvalue weighted by Crippen LogP contribution is -2.17. The highest BCUT2D eigenvalue weighted by Crippen LogP contribution is 2.35. The van der Waals surface area contributed by atoms with E-state index in [0.717, 1.165) is 11.3 Å². The molecule has 8 heteroatoms. The lowest BCUT2D eigenvalue weighted by atomic mass is 10.1. The van der Waals surface area contributed by atoms with Gasteiger partial charge >= 0.3 is 0 Å². The zero-order valence-corrected chi connectivity index (χ0v) is 15.9. The average molecular weight is 382 g/mol. The molecule has 0 radical (unpaired) electrons. The number of benzene rings is 1. The van der Waals surface area contributed by atoms with Gasteiger partial charge in [-0.05, 0) is 38.5 Å². The van der Waals surface area contributed by atoms with Gasteiger partial charge in [0.05, 0.1) is 21.7 Å². The number of nitrogens with zero attached hydrogens (tertiary/aromatic N) is 2. The Morgan fingerprint density at radius 3 is 2.48 bits per heavy atom. The SMILES string of the molecule is CC(=O)c1sc(N=Cc2c(C)[nH]n(-c3ccccc3)c2=O)c(C(N)=O)c1C. The van der Waals surface area contributed by atoms with Gasteiger partial charge in [0.1, 0.15) is 5.00 Å². The largest absolute Gasteiger partial charge is 0.365 e. The Hall–Kier alpha value is -3.26. The highest BCUT2D eigenvalue weighted by atomic mass is 32.1. The molecule has 0 saturated carbocycles. The summed E-state index contributed by atoms with van der Waals surface area (Å²) in [4.78, 5) is 41.0. The van der Waals surface area contributed by atoms with Gasteiger partial charge in [-0.15, -0.1) is 11.3 Å². The van der Waals surface area contributed by atoms with E-state index in [9.17, 15) is 14.4 Å². The predicted molar refractivity (Wildman–Crippen MR) is 106 cm³/mol. The third-order valence-electron chi connectivity index (χ3n) is 4.14. The number of nitrogens with two attached hydrogens (primary N) is 1. The lowest BCUT2D eigenvalue weighted by Gasteiger charge is -1.99. The van der Waals surface area contributed by atoms with Crippen LogP contribution in [0.5, 0.6) is 0 Å². The minimum atomic E-state index is -0.657. The molecular formula is C19H18N4O3S. The zero-order chi connectivity index (χ0) is 19.7. The van der Waals surface area contributed by atoms with E-state index in [1.54, 1.807) is 13.8 Å². The predicted octanol–water partition coefficient (Wildman–Crippen LogP) is 2.90. The smallest absolute Gasteiger partial charge is 0.280 e. The quantitative estimate of drug-likeness (QED) is 0.523. The van der Waals surface area contributed by atoms with Crippen LogP contribution in [0.3, 0.4) is 0 Å². The van der Waals surface area contributed by atoms with E-state index in [2.05, 4.69) is 10.1 Å². The first-order valence-corrected chi connectivity index (χ1v) is 8.98. The van der Waals surface area contributed by atoms with Gasteiger partial charge in [-0.3, -0.25) is 19.5 Å². The van der Waals surface area contributed by atoms with E-state index >= 15 is 0 Å². The molecule has 27 heavy (non-hydrogen) atoms. The van der Waals surface area contributed by atoms with Crippen molar-refractivity contribution in [2.75, 3.05) is 0 Å². The number of hydrogen-bond acceptors (Lipinski definition) is 5. The summed E-state index contributed by atoms with van der Waals surface area (Å²) in [5.74, 6) is -0.818. The molecule has 0 aliphatic carbocycles. The fourth-order valence-corrected chi connectivity index (χ4v) is 3.86. The molecule has 0 aliphatic rings. The van der Waals surface area contributed by atoms with Crippen LogP contribution in [-0.4, -0.2) is 27.7 Å². The number of aliphatic imine (C=N–C) groups is 1. The molecule has 3 N–H and O–H groups in total. The van der Waals surface area contributed by atoms with Crippen LogP contribution in [-0.2, 0) is 0 Å². The number of amides is 1. The number of carbonyl (C=O) groups is 2. The van der Waals surface area contributed by atoms with Crippen molar-refractivity contribution in [2.24, 2.45) is 10.7 Å². The number of H-pyrrole nitrogens is 1. The van der Waals surface area contributed by atoms with Crippen molar-refractivity contribution in [2.45, 2.75) is 20.8 Å². The molecule has 138 valence electrons. The van der Waals surface area contributed by atoms with Gasteiger partial charge in [0.2, 0.25) is 0 Å². The van der Waals surface area contributed by atoms with Gasteiger partial charge in [0, 0.05) is 11.9 Å². The Kier molecular flexibility index (Phi) is 4.91. The average Bonchev–Trinajstić information content (AvgIpc) is 3.10. The number of aromatic nitrogens is 2. The molecule has 7 nitrogen and oxygen atoms in total. The van der Waals surface area contributed by atoms with Crippen LogP contribution < -0.4 is 11.3 Å². The fourth-order valence-electron chi connectivity index (χ4n) is 2.81. The van der Waals surface area contributed by atoms with E-state index in [0.29, 0.717) is 32.4 Å². The second-order valence-corrected chi connectivity index (χ2v) is 7.04. The molecule has 2 heterocycles. The lowest BCUT2D eigenvalue weighted by molar-refractivity contribution is 0.100. The van der Waals surface area contributed by atoms with Crippen molar-refractivity contribution in [1.82, 2.24) is 9.78 Å². The fraction of sp³-hybridized carbons (Fsp3) is 0.158. The summed E-state index contributed by atoms with van der Waals surface area (Å²) in [6.45, 7) is 4.85. The first kappa shape index (κ1) is 18.5. The summed E-state index contributed by atoms with van der Waals surface area (Å²) in [5.41, 5.74) is 7.61.